The zero-order chi connectivity index (χ0) is 14.6. The quantitative estimate of drug-likeness (QED) is 0.849. The van der Waals surface area contributed by atoms with Crippen LogP contribution in [0.2, 0.25) is 0 Å². The zero-order valence-corrected chi connectivity index (χ0v) is 12.5. The number of hydrogen-bond acceptors (Lipinski definition) is 4. The molecule has 0 aliphatic heterocycles. The number of benzene rings is 1. The Morgan fingerprint density at radius 3 is 2.25 bits per heavy atom. The van der Waals surface area contributed by atoms with Crippen LogP contribution in [0, 0.1) is 5.92 Å². The van der Waals surface area contributed by atoms with Gasteiger partial charge < -0.3 is 0 Å². The lowest BCUT2D eigenvalue weighted by molar-refractivity contribution is 0.590. The third kappa shape index (κ3) is 3.87. The summed E-state index contributed by atoms with van der Waals surface area (Å²) in [5.74, 6) is 0.539. The van der Waals surface area contributed by atoms with Gasteiger partial charge in [0.05, 0.1) is 11.9 Å². The van der Waals surface area contributed by atoms with E-state index in [9.17, 15) is 8.42 Å². The molecule has 0 fully saturated rings. The molecule has 0 aliphatic carbocycles. The number of hydrogen-bond donors (Lipinski definition) is 0. The van der Waals surface area contributed by atoms with E-state index in [4.69, 9.17) is 0 Å². The summed E-state index contributed by atoms with van der Waals surface area (Å²) < 4.78 is 24.3. The highest BCUT2D eigenvalue weighted by molar-refractivity contribution is 7.90. The SMILES string of the molecule is CC(C)Cc1ccc(CS(=O)(=O)c2cnccn2)cc1. The Labute approximate surface area is 119 Å². The largest absolute Gasteiger partial charge is 0.260 e. The molecule has 2 rings (SSSR count). The lowest BCUT2D eigenvalue weighted by Gasteiger charge is -2.07. The van der Waals surface area contributed by atoms with Crippen LogP contribution in [-0.2, 0) is 22.0 Å². The number of sulfone groups is 1. The van der Waals surface area contributed by atoms with Crippen LogP contribution in [0.3, 0.4) is 0 Å². The minimum Gasteiger partial charge on any atom is -0.260 e. The molecule has 0 radical (unpaired) electrons. The lowest BCUT2D eigenvalue weighted by atomic mass is 10.0. The predicted molar refractivity (Wildman–Crippen MR) is 77.9 cm³/mol. The Morgan fingerprint density at radius 2 is 1.70 bits per heavy atom. The first-order valence-electron chi connectivity index (χ1n) is 6.54. The Hall–Kier alpha value is -1.75. The number of nitrogens with zero attached hydrogens (tertiary/aromatic N) is 2. The Bertz CT molecular complexity index is 650. The maximum atomic E-state index is 12.2. The van der Waals surface area contributed by atoms with Gasteiger partial charge in [-0.2, -0.15) is 0 Å². The van der Waals surface area contributed by atoms with Crippen molar-refractivity contribution in [3.8, 4) is 0 Å². The minimum atomic E-state index is -3.42. The molecule has 1 aromatic heterocycles. The summed E-state index contributed by atoms with van der Waals surface area (Å²) in [5, 5.41) is 0.0197. The molecule has 0 saturated carbocycles. The molecule has 2 aromatic rings. The molecule has 0 aliphatic rings. The summed E-state index contributed by atoms with van der Waals surface area (Å²) in [4.78, 5) is 7.65. The Morgan fingerprint density at radius 1 is 1.05 bits per heavy atom. The summed E-state index contributed by atoms with van der Waals surface area (Å²) in [6.45, 7) is 4.32. The van der Waals surface area contributed by atoms with Crippen molar-refractivity contribution in [1.29, 1.82) is 0 Å². The zero-order valence-electron chi connectivity index (χ0n) is 11.7. The Balaban J connectivity index is 2.14. The molecule has 106 valence electrons. The maximum Gasteiger partial charge on any atom is 0.201 e. The van der Waals surface area contributed by atoms with Gasteiger partial charge in [-0.05, 0) is 23.5 Å². The highest BCUT2D eigenvalue weighted by Crippen LogP contribution is 2.15. The van der Waals surface area contributed by atoms with Gasteiger partial charge in [-0.15, -0.1) is 0 Å². The fraction of sp³-hybridized carbons (Fsp3) is 0.333. The van der Waals surface area contributed by atoms with Gasteiger partial charge in [0.2, 0.25) is 9.84 Å². The second-order valence-corrected chi connectivity index (χ2v) is 7.15. The van der Waals surface area contributed by atoms with Crippen molar-refractivity contribution < 1.29 is 8.42 Å². The first kappa shape index (κ1) is 14.7. The molecule has 4 nitrogen and oxygen atoms in total. The summed E-state index contributed by atoms with van der Waals surface area (Å²) in [6.07, 6.45) is 5.12. The highest BCUT2D eigenvalue weighted by atomic mass is 32.2. The van der Waals surface area contributed by atoms with E-state index in [1.54, 1.807) is 0 Å². The lowest BCUT2D eigenvalue weighted by Crippen LogP contribution is -2.07. The van der Waals surface area contributed by atoms with Crippen LogP contribution in [0.25, 0.3) is 0 Å². The van der Waals surface area contributed by atoms with Crippen molar-refractivity contribution in [2.45, 2.75) is 31.0 Å². The molecule has 0 amide bonds. The number of aromatic nitrogens is 2. The van der Waals surface area contributed by atoms with Crippen molar-refractivity contribution in [2.75, 3.05) is 0 Å². The monoisotopic (exact) mass is 290 g/mol. The normalized spacial score (nSPS) is 11.8. The van der Waals surface area contributed by atoms with Crippen molar-refractivity contribution in [3.63, 3.8) is 0 Å². The highest BCUT2D eigenvalue weighted by Gasteiger charge is 2.16. The predicted octanol–water partition coefficient (Wildman–Crippen LogP) is 2.65. The maximum absolute atomic E-state index is 12.2. The van der Waals surface area contributed by atoms with Gasteiger partial charge in [-0.1, -0.05) is 38.1 Å². The van der Waals surface area contributed by atoms with E-state index in [0.29, 0.717) is 5.92 Å². The van der Waals surface area contributed by atoms with Gasteiger partial charge in [0.15, 0.2) is 5.03 Å². The fourth-order valence-electron chi connectivity index (χ4n) is 1.98. The molecular weight excluding hydrogens is 272 g/mol. The molecule has 0 saturated heterocycles. The van der Waals surface area contributed by atoms with Crippen LogP contribution >= 0.6 is 0 Å². The van der Waals surface area contributed by atoms with E-state index < -0.39 is 9.84 Å². The average Bonchev–Trinajstić information content (AvgIpc) is 2.41. The molecule has 0 atom stereocenters. The smallest absolute Gasteiger partial charge is 0.201 e. The second kappa shape index (κ2) is 6.13. The van der Waals surface area contributed by atoms with Gasteiger partial charge >= 0.3 is 0 Å². The van der Waals surface area contributed by atoms with Gasteiger partial charge in [0.1, 0.15) is 0 Å². The average molecular weight is 290 g/mol. The van der Waals surface area contributed by atoms with Crippen LogP contribution in [0.1, 0.15) is 25.0 Å². The molecular formula is C15H18N2O2S. The Kier molecular flexibility index (Phi) is 4.49. The topological polar surface area (TPSA) is 59.9 Å². The van der Waals surface area contributed by atoms with Gasteiger partial charge in [0, 0.05) is 12.4 Å². The van der Waals surface area contributed by atoms with Crippen LogP contribution in [0.15, 0.2) is 47.9 Å². The van der Waals surface area contributed by atoms with Crippen LogP contribution in [0.5, 0.6) is 0 Å². The molecule has 0 unspecified atom stereocenters. The van der Waals surface area contributed by atoms with Gasteiger partial charge in [-0.25, -0.2) is 13.4 Å². The van der Waals surface area contributed by atoms with Crippen molar-refractivity contribution in [1.82, 2.24) is 9.97 Å². The van der Waals surface area contributed by atoms with Gasteiger partial charge in [-0.3, -0.25) is 4.98 Å². The molecule has 5 heteroatoms. The van der Waals surface area contributed by atoms with Crippen molar-refractivity contribution in [3.05, 3.63) is 54.0 Å². The summed E-state index contributed by atoms with van der Waals surface area (Å²) in [6, 6.07) is 7.71. The molecule has 20 heavy (non-hydrogen) atoms. The summed E-state index contributed by atoms with van der Waals surface area (Å²) in [7, 11) is -3.42. The van der Waals surface area contributed by atoms with Crippen LogP contribution < -0.4 is 0 Å². The molecule has 1 heterocycles. The standard InChI is InChI=1S/C15H18N2O2S/c1-12(2)9-13-3-5-14(6-4-13)11-20(18,19)15-10-16-7-8-17-15/h3-8,10,12H,9,11H2,1-2H3. The third-order valence-corrected chi connectivity index (χ3v) is 4.44. The van der Waals surface area contributed by atoms with Gasteiger partial charge in [0.25, 0.3) is 0 Å². The van der Waals surface area contributed by atoms with E-state index >= 15 is 0 Å². The summed E-state index contributed by atoms with van der Waals surface area (Å²) in [5.41, 5.74) is 1.99. The molecule has 0 spiro atoms. The molecule has 0 N–H and O–H groups in total. The fourth-order valence-corrected chi connectivity index (χ4v) is 3.20. The number of rotatable bonds is 5. The minimum absolute atomic E-state index is 0.0197. The van der Waals surface area contributed by atoms with E-state index in [1.807, 2.05) is 24.3 Å². The molecule has 1 aromatic carbocycles. The van der Waals surface area contributed by atoms with Crippen molar-refractivity contribution in [2.24, 2.45) is 5.92 Å². The first-order chi connectivity index (χ1) is 9.47. The van der Waals surface area contributed by atoms with Crippen LogP contribution in [-0.4, -0.2) is 18.4 Å². The van der Waals surface area contributed by atoms with E-state index in [0.717, 1.165) is 12.0 Å². The van der Waals surface area contributed by atoms with E-state index in [1.165, 1.54) is 24.2 Å². The third-order valence-electron chi connectivity index (χ3n) is 2.88. The first-order valence-corrected chi connectivity index (χ1v) is 8.19. The summed E-state index contributed by atoms with van der Waals surface area (Å²) >= 11 is 0. The second-order valence-electron chi connectivity index (χ2n) is 5.22. The van der Waals surface area contributed by atoms with Crippen LogP contribution in [0.4, 0.5) is 0 Å². The van der Waals surface area contributed by atoms with Crippen molar-refractivity contribution >= 4 is 9.84 Å². The molecule has 0 bridgehead atoms. The van der Waals surface area contributed by atoms with E-state index in [2.05, 4.69) is 23.8 Å². The van der Waals surface area contributed by atoms with E-state index in [-0.39, 0.29) is 10.8 Å².